The molecule has 0 unspecified atom stereocenters. The number of rotatable bonds is 12. The summed E-state index contributed by atoms with van der Waals surface area (Å²) in [6.07, 6.45) is 8.53. The molecule has 8 rings (SSSR count). The Hall–Kier alpha value is -5.75. The van der Waals surface area contributed by atoms with Gasteiger partial charge >= 0.3 is 6.09 Å². The Kier molecular flexibility index (Phi) is 11.5. The highest BCUT2D eigenvalue weighted by atomic mass is 16.4. The summed E-state index contributed by atoms with van der Waals surface area (Å²) in [7, 11) is 1.57. The number of carbonyl (C=O) groups excluding carboxylic acids is 2. The van der Waals surface area contributed by atoms with Crippen LogP contribution in [-0.2, 0) is 9.59 Å². The predicted molar refractivity (Wildman–Crippen MR) is 223 cm³/mol. The molecule has 3 amide bonds. The lowest BCUT2D eigenvalue weighted by molar-refractivity contribution is -0.139. The van der Waals surface area contributed by atoms with Crippen molar-refractivity contribution < 1.29 is 19.5 Å². The summed E-state index contributed by atoms with van der Waals surface area (Å²) in [5.41, 5.74) is 7.06. The van der Waals surface area contributed by atoms with Crippen molar-refractivity contribution in [2.24, 2.45) is 5.92 Å². The molecule has 1 aliphatic carbocycles. The second kappa shape index (κ2) is 17.0. The Balaban J connectivity index is 0.923. The summed E-state index contributed by atoms with van der Waals surface area (Å²) in [4.78, 5) is 63.7. The largest absolute Gasteiger partial charge is 0.465 e. The van der Waals surface area contributed by atoms with Crippen molar-refractivity contribution >= 4 is 17.9 Å². The topological polar surface area (TPSA) is 142 Å². The van der Waals surface area contributed by atoms with Gasteiger partial charge in [0.05, 0.1) is 41.8 Å². The Morgan fingerprint density at radius 2 is 1.22 bits per heavy atom. The summed E-state index contributed by atoms with van der Waals surface area (Å²) in [6.45, 7) is 7.18. The molecule has 0 radical (unpaired) electrons. The zero-order chi connectivity index (χ0) is 40.3. The molecule has 12 heteroatoms. The van der Waals surface area contributed by atoms with Crippen LogP contribution in [0.2, 0.25) is 0 Å². The number of aromatic amines is 2. The van der Waals surface area contributed by atoms with Crippen molar-refractivity contribution in [1.82, 2.24) is 39.5 Å². The van der Waals surface area contributed by atoms with Crippen LogP contribution >= 0.6 is 0 Å². The Labute approximate surface area is 340 Å². The number of carboxylic acid groups (broad SMARTS) is 1. The first-order chi connectivity index (χ1) is 28.2. The van der Waals surface area contributed by atoms with Gasteiger partial charge in [0.15, 0.2) is 0 Å². The maximum Gasteiger partial charge on any atom is 0.407 e. The number of nitrogens with zero attached hydrogens (tertiary/aromatic N) is 6. The number of hydrogen-bond acceptors (Lipinski definition) is 6. The minimum absolute atomic E-state index is 0.0370. The van der Waals surface area contributed by atoms with Crippen LogP contribution in [-0.4, -0.2) is 102 Å². The van der Waals surface area contributed by atoms with Crippen LogP contribution in [0.1, 0.15) is 94.1 Å². The van der Waals surface area contributed by atoms with Gasteiger partial charge in [-0.2, -0.15) is 0 Å². The maximum absolute atomic E-state index is 14.2. The van der Waals surface area contributed by atoms with Crippen molar-refractivity contribution in [2.45, 2.75) is 83.0 Å². The van der Waals surface area contributed by atoms with Gasteiger partial charge in [-0.05, 0) is 79.4 Å². The number of hydrogen-bond donors (Lipinski definition) is 3. The number of likely N-dealkylation sites (tertiary alicyclic amines) is 2. The molecule has 5 atom stereocenters. The molecular weight excluding hydrogens is 729 g/mol. The lowest BCUT2D eigenvalue weighted by atomic mass is 10.00. The number of nitrogens with one attached hydrogen (secondary N) is 2. The normalized spacial score (nSPS) is 21.2. The fraction of sp³-hybridized carbons (Fsp3) is 0.413. The molecule has 0 bridgehead atoms. The van der Waals surface area contributed by atoms with E-state index < -0.39 is 6.09 Å². The highest BCUT2D eigenvalue weighted by molar-refractivity contribution is 5.84. The number of imidazole rings is 2. The quantitative estimate of drug-likeness (QED) is 0.116. The number of aromatic nitrogens is 4. The van der Waals surface area contributed by atoms with E-state index in [4.69, 9.17) is 9.97 Å². The SMILES string of the molecule is CCN(CC)[C@@H](C(=O)N1CCC[C@H]1c1ncc(-c2ccc(-c3ccc(-c4cnc([C@@H]5CCCN5C(=O)[C@@H]5CCC[C@H]5N(C)C(=O)O)[nH]4)cc3)cc2)[nH]1)c1ccccc1. The van der Waals surface area contributed by atoms with E-state index in [-0.39, 0.29) is 41.9 Å². The van der Waals surface area contributed by atoms with Gasteiger partial charge in [0.1, 0.15) is 17.7 Å². The molecule has 3 aromatic carbocycles. The third-order valence-corrected chi connectivity index (χ3v) is 12.7. The Morgan fingerprint density at radius 1 is 0.707 bits per heavy atom. The van der Waals surface area contributed by atoms with Gasteiger partial charge in [0.25, 0.3) is 0 Å². The minimum Gasteiger partial charge on any atom is -0.465 e. The molecule has 58 heavy (non-hydrogen) atoms. The van der Waals surface area contributed by atoms with Crippen LogP contribution in [0.4, 0.5) is 4.79 Å². The number of likely N-dealkylation sites (N-methyl/N-ethyl adjacent to an activating group) is 1. The summed E-state index contributed by atoms with van der Waals surface area (Å²) in [5, 5.41) is 9.57. The molecule has 3 aliphatic rings. The molecule has 302 valence electrons. The minimum atomic E-state index is -0.990. The number of amides is 3. The van der Waals surface area contributed by atoms with Crippen LogP contribution in [0, 0.1) is 5.92 Å². The molecule has 2 aromatic heterocycles. The summed E-state index contributed by atoms with van der Waals surface area (Å²) in [6, 6.07) is 26.1. The van der Waals surface area contributed by atoms with Gasteiger partial charge in [0.2, 0.25) is 11.8 Å². The number of carbonyl (C=O) groups is 3. The summed E-state index contributed by atoms with van der Waals surface area (Å²) >= 11 is 0. The molecule has 1 saturated carbocycles. The van der Waals surface area contributed by atoms with E-state index in [1.165, 1.54) is 4.90 Å². The summed E-state index contributed by atoms with van der Waals surface area (Å²) < 4.78 is 0. The van der Waals surface area contributed by atoms with Gasteiger partial charge in [-0.25, -0.2) is 14.8 Å². The molecule has 0 spiro atoms. The molecular formula is C46H54N8O4. The van der Waals surface area contributed by atoms with E-state index in [1.54, 1.807) is 7.05 Å². The molecule has 4 heterocycles. The van der Waals surface area contributed by atoms with Gasteiger partial charge < -0.3 is 29.8 Å². The fourth-order valence-electron chi connectivity index (χ4n) is 9.56. The standard InChI is InChI=1S/C46H54N8O4/c1-4-52(5-2)41(34-12-7-6-8-13-34)45(56)54-27-11-17-40(54)43-48-29-37(50-43)33-24-20-31(21-25-33)30-18-22-32(23-19-30)36-28-47-42(49-36)39-16-10-26-53(39)44(55)35-14-9-15-38(35)51(3)46(57)58/h6-8,12-13,18-25,28-29,35,38-41H,4-5,9-11,14-17,26-27H2,1-3H3,(H,47,49)(H,48,50)(H,57,58)/t35-,38-,39+,40+,41-/m1/s1. The highest BCUT2D eigenvalue weighted by Crippen LogP contribution is 2.39. The van der Waals surface area contributed by atoms with Gasteiger partial charge in [0, 0.05) is 26.2 Å². The Bertz CT molecular complexity index is 2200. The van der Waals surface area contributed by atoms with Crippen molar-refractivity contribution in [3.63, 3.8) is 0 Å². The van der Waals surface area contributed by atoms with E-state index >= 15 is 0 Å². The molecule has 12 nitrogen and oxygen atoms in total. The van der Waals surface area contributed by atoms with E-state index in [2.05, 4.69) is 89.4 Å². The van der Waals surface area contributed by atoms with Gasteiger partial charge in [-0.15, -0.1) is 0 Å². The lowest BCUT2D eigenvalue weighted by Crippen LogP contribution is -2.46. The van der Waals surface area contributed by atoms with E-state index in [0.29, 0.717) is 19.4 Å². The van der Waals surface area contributed by atoms with Crippen molar-refractivity contribution in [3.05, 3.63) is 108 Å². The van der Waals surface area contributed by atoms with Crippen molar-refractivity contribution in [3.8, 4) is 33.6 Å². The maximum atomic E-state index is 14.2. The molecule has 2 aliphatic heterocycles. The number of benzene rings is 3. The van der Waals surface area contributed by atoms with Crippen molar-refractivity contribution in [1.29, 1.82) is 0 Å². The predicted octanol–water partition coefficient (Wildman–Crippen LogP) is 8.32. The lowest BCUT2D eigenvalue weighted by Gasteiger charge is -2.34. The zero-order valence-electron chi connectivity index (χ0n) is 33.7. The van der Waals surface area contributed by atoms with Crippen LogP contribution in [0.15, 0.2) is 91.3 Å². The van der Waals surface area contributed by atoms with Gasteiger partial charge in [-0.3, -0.25) is 14.5 Å². The van der Waals surface area contributed by atoms with Crippen molar-refractivity contribution in [2.75, 3.05) is 33.2 Å². The Morgan fingerprint density at radius 3 is 1.76 bits per heavy atom. The second-order valence-electron chi connectivity index (χ2n) is 15.9. The van der Waals surface area contributed by atoms with E-state index in [9.17, 15) is 19.5 Å². The average Bonchev–Trinajstić information content (AvgIpc) is 4.12. The monoisotopic (exact) mass is 782 g/mol. The van der Waals surface area contributed by atoms with Crippen LogP contribution < -0.4 is 0 Å². The molecule has 3 N–H and O–H groups in total. The smallest absolute Gasteiger partial charge is 0.407 e. The van der Waals surface area contributed by atoms with Crippen LogP contribution in [0.25, 0.3) is 33.6 Å². The third-order valence-electron chi connectivity index (χ3n) is 12.7. The van der Waals surface area contributed by atoms with Crippen LogP contribution in [0.5, 0.6) is 0 Å². The average molecular weight is 783 g/mol. The molecule has 2 saturated heterocycles. The molecule has 5 aromatic rings. The summed E-state index contributed by atoms with van der Waals surface area (Å²) in [5.74, 6) is 1.45. The van der Waals surface area contributed by atoms with Gasteiger partial charge in [-0.1, -0.05) is 99.1 Å². The first kappa shape index (κ1) is 39.1. The van der Waals surface area contributed by atoms with Crippen LogP contribution in [0.3, 0.4) is 0 Å². The second-order valence-corrected chi connectivity index (χ2v) is 15.9. The fourth-order valence-corrected chi connectivity index (χ4v) is 9.56. The highest BCUT2D eigenvalue weighted by Gasteiger charge is 2.43. The van der Waals surface area contributed by atoms with E-state index in [0.717, 1.165) is 103 Å². The zero-order valence-corrected chi connectivity index (χ0v) is 33.7. The third kappa shape index (κ3) is 7.65. The first-order valence-electron chi connectivity index (χ1n) is 20.9. The first-order valence-corrected chi connectivity index (χ1v) is 20.9. The van der Waals surface area contributed by atoms with E-state index in [1.807, 2.05) is 40.4 Å². The molecule has 3 fully saturated rings. The number of H-pyrrole nitrogens is 2.